The zero-order valence-electron chi connectivity index (χ0n) is 13.7. The number of furan rings is 1. The largest absolute Gasteiger partial charge is 0.460 e. The first kappa shape index (κ1) is 15.0. The molecule has 0 unspecified atom stereocenters. The highest BCUT2D eigenvalue weighted by Gasteiger charge is 2.24. The number of carbonyl (C=O) groups is 1. The average molecular weight is 320 g/mol. The standard InChI is InChI=1S/C20H20N2O2/c1-21(13-17-12-16-7-3-5-9-19(16)24-17)14-20(23)22-11-10-15-6-2-4-8-18(15)22/h2-9,12H,10-11,13-14H2,1H3. The summed E-state index contributed by atoms with van der Waals surface area (Å²) in [5, 5.41) is 1.10. The first-order chi connectivity index (χ1) is 11.7. The van der Waals surface area contributed by atoms with Crippen LogP contribution in [0.5, 0.6) is 0 Å². The molecule has 0 spiro atoms. The maximum absolute atomic E-state index is 12.6. The Morgan fingerprint density at radius 3 is 2.83 bits per heavy atom. The number of amides is 1. The zero-order valence-corrected chi connectivity index (χ0v) is 13.7. The van der Waals surface area contributed by atoms with Crippen LogP contribution in [0.15, 0.2) is 59.0 Å². The molecule has 4 nitrogen and oxygen atoms in total. The second kappa shape index (κ2) is 6.13. The van der Waals surface area contributed by atoms with Crippen molar-refractivity contribution in [3.8, 4) is 0 Å². The van der Waals surface area contributed by atoms with Crippen LogP contribution in [0.4, 0.5) is 5.69 Å². The van der Waals surface area contributed by atoms with Gasteiger partial charge in [-0.1, -0.05) is 36.4 Å². The Morgan fingerprint density at radius 1 is 1.17 bits per heavy atom. The molecule has 0 fully saturated rings. The van der Waals surface area contributed by atoms with E-state index in [1.165, 1.54) is 5.56 Å². The number of likely N-dealkylation sites (N-methyl/N-ethyl adjacent to an activating group) is 1. The van der Waals surface area contributed by atoms with Gasteiger partial charge in [-0.2, -0.15) is 0 Å². The first-order valence-corrected chi connectivity index (χ1v) is 8.25. The van der Waals surface area contributed by atoms with Crippen LogP contribution in [0.2, 0.25) is 0 Å². The van der Waals surface area contributed by atoms with Crippen LogP contribution in [-0.4, -0.2) is 30.9 Å². The molecule has 4 heteroatoms. The predicted octanol–water partition coefficient (Wildman–Crippen LogP) is 3.45. The van der Waals surface area contributed by atoms with Gasteiger partial charge in [0.15, 0.2) is 0 Å². The SMILES string of the molecule is CN(CC(=O)N1CCc2ccccc21)Cc1cc2ccccc2o1. The fourth-order valence-electron chi connectivity index (χ4n) is 3.35. The van der Waals surface area contributed by atoms with Gasteiger partial charge in [0.05, 0.1) is 13.1 Å². The molecule has 1 aliphatic heterocycles. The number of rotatable bonds is 4. The van der Waals surface area contributed by atoms with E-state index in [4.69, 9.17) is 4.42 Å². The topological polar surface area (TPSA) is 36.7 Å². The van der Waals surface area contributed by atoms with Crippen molar-refractivity contribution in [2.24, 2.45) is 0 Å². The van der Waals surface area contributed by atoms with Crippen molar-refractivity contribution in [2.75, 3.05) is 25.0 Å². The predicted molar refractivity (Wildman–Crippen MR) is 95.0 cm³/mol. The molecule has 0 saturated heterocycles. The minimum Gasteiger partial charge on any atom is -0.460 e. The van der Waals surface area contributed by atoms with Gasteiger partial charge in [0.2, 0.25) is 5.91 Å². The Morgan fingerprint density at radius 2 is 1.96 bits per heavy atom. The molecule has 4 rings (SSSR count). The molecule has 0 radical (unpaired) electrons. The lowest BCUT2D eigenvalue weighted by Gasteiger charge is -2.21. The molecular weight excluding hydrogens is 300 g/mol. The molecule has 0 saturated carbocycles. The van der Waals surface area contributed by atoms with Crippen LogP contribution in [0.3, 0.4) is 0 Å². The number of benzene rings is 2. The minimum atomic E-state index is 0.138. The fourth-order valence-corrected chi connectivity index (χ4v) is 3.35. The van der Waals surface area contributed by atoms with Crippen LogP contribution in [0, 0.1) is 0 Å². The highest BCUT2D eigenvalue weighted by Crippen LogP contribution is 2.27. The average Bonchev–Trinajstić information content (AvgIpc) is 3.17. The van der Waals surface area contributed by atoms with Crippen molar-refractivity contribution in [1.29, 1.82) is 0 Å². The van der Waals surface area contributed by atoms with Gasteiger partial charge in [-0.05, 0) is 37.2 Å². The Bertz CT molecular complexity index is 851. The highest BCUT2D eigenvalue weighted by atomic mass is 16.3. The van der Waals surface area contributed by atoms with E-state index in [1.807, 2.05) is 65.4 Å². The summed E-state index contributed by atoms with van der Waals surface area (Å²) < 4.78 is 5.84. The third-order valence-electron chi connectivity index (χ3n) is 4.50. The third kappa shape index (κ3) is 2.81. The van der Waals surface area contributed by atoms with E-state index in [0.29, 0.717) is 13.1 Å². The minimum absolute atomic E-state index is 0.138. The fraction of sp³-hybridized carbons (Fsp3) is 0.250. The summed E-state index contributed by atoms with van der Waals surface area (Å²) in [5.74, 6) is 1.02. The number of hydrogen-bond donors (Lipinski definition) is 0. The quantitative estimate of drug-likeness (QED) is 0.739. The van der Waals surface area contributed by atoms with Gasteiger partial charge in [0.25, 0.3) is 0 Å². The summed E-state index contributed by atoms with van der Waals surface area (Å²) in [4.78, 5) is 16.5. The number of anilines is 1. The summed E-state index contributed by atoms with van der Waals surface area (Å²) in [5.41, 5.74) is 3.20. The lowest BCUT2D eigenvalue weighted by molar-refractivity contribution is -0.119. The smallest absolute Gasteiger partial charge is 0.241 e. The van der Waals surface area contributed by atoms with E-state index in [-0.39, 0.29) is 5.91 Å². The Kier molecular flexibility index (Phi) is 3.82. The molecule has 2 heterocycles. The molecule has 0 atom stereocenters. The van der Waals surface area contributed by atoms with Crippen molar-refractivity contribution in [3.63, 3.8) is 0 Å². The van der Waals surface area contributed by atoms with Crippen LogP contribution in [0.25, 0.3) is 11.0 Å². The van der Waals surface area contributed by atoms with Gasteiger partial charge in [0.1, 0.15) is 11.3 Å². The van der Waals surface area contributed by atoms with Crippen LogP contribution >= 0.6 is 0 Å². The van der Waals surface area contributed by atoms with Crippen LogP contribution < -0.4 is 4.90 Å². The van der Waals surface area contributed by atoms with Gasteiger partial charge in [-0.15, -0.1) is 0 Å². The summed E-state index contributed by atoms with van der Waals surface area (Å²) >= 11 is 0. The summed E-state index contributed by atoms with van der Waals surface area (Å²) in [6, 6.07) is 18.2. The first-order valence-electron chi connectivity index (χ1n) is 8.25. The second-order valence-electron chi connectivity index (χ2n) is 6.35. The summed E-state index contributed by atoms with van der Waals surface area (Å²) in [6.45, 7) is 1.78. The Labute approximate surface area is 141 Å². The van der Waals surface area contributed by atoms with E-state index in [0.717, 1.165) is 35.4 Å². The Hall–Kier alpha value is -2.59. The molecule has 0 bridgehead atoms. The molecule has 1 aromatic heterocycles. The van der Waals surface area contributed by atoms with Crippen molar-refractivity contribution in [2.45, 2.75) is 13.0 Å². The van der Waals surface area contributed by atoms with E-state index >= 15 is 0 Å². The van der Waals surface area contributed by atoms with E-state index in [9.17, 15) is 4.79 Å². The normalized spacial score (nSPS) is 13.7. The van der Waals surface area contributed by atoms with Gasteiger partial charge < -0.3 is 9.32 Å². The van der Waals surface area contributed by atoms with E-state index in [1.54, 1.807) is 0 Å². The van der Waals surface area contributed by atoms with E-state index in [2.05, 4.69) is 6.07 Å². The number of nitrogens with zero attached hydrogens (tertiary/aromatic N) is 2. The molecule has 122 valence electrons. The zero-order chi connectivity index (χ0) is 16.5. The van der Waals surface area contributed by atoms with Crippen LogP contribution in [-0.2, 0) is 17.8 Å². The molecule has 24 heavy (non-hydrogen) atoms. The maximum atomic E-state index is 12.6. The van der Waals surface area contributed by atoms with Gasteiger partial charge in [0, 0.05) is 17.6 Å². The molecule has 0 aliphatic carbocycles. The summed E-state index contributed by atoms with van der Waals surface area (Å²) in [7, 11) is 1.95. The maximum Gasteiger partial charge on any atom is 0.241 e. The number of para-hydroxylation sites is 2. The molecule has 2 aromatic carbocycles. The molecular formula is C20H20N2O2. The number of hydrogen-bond acceptors (Lipinski definition) is 3. The number of carbonyl (C=O) groups excluding carboxylic acids is 1. The van der Waals surface area contributed by atoms with Gasteiger partial charge in [-0.3, -0.25) is 9.69 Å². The van der Waals surface area contributed by atoms with Crippen molar-refractivity contribution >= 4 is 22.6 Å². The van der Waals surface area contributed by atoms with Crippen molar-refractivity contribution < 1.29 is 9.21 Å². The van der Waals surface area contributed by atoms with Gasteiger partial charge in [-0.25, -0.2) is 0 Å². The third-order valence-corrected chi connectivity index (χ3v) is 4.50. The lowest BCUT2D eigenvalue weighted by Crippen LogP contribution is -2.37. The monoisotopic (exact) mass is 320 g/mol. The highest BCUT2D eigenvalue weighted by molar-refractivity contribution is 5.96. The Balaban J connectivity index is 1.42. The second-order valence-corrected chi connectivity index (χ2v) is 6.35. The molecule has 3 aromatic rings. The number of fused-ring (bicyclic) bond motifs is 2. The van der Waals surface area contributed by atoms with E-state index < -0.39 is 0 Å². The molecule has 0 N–H and O–H groups in total. The molecule has 1 aliphatic rings. The molecule has 1 amide bonds. The summed E-state index contributed by atoms with van der Waals surface area (Å²) in [6.07, 6.45) is 0.940. The van der Waals surface area contributed by atoms with Crippen molar-refractivity contribution in [1.82, 2.24) is 4.90 Å². The van der Waals surface area contributed by atoms with Gasteiger partial charge >= 0.3 is 0 Å². The van der Waals surface area contributed by atoms with Crippen LogP contribution in [0.1, 0.15) is 11.3 Å². The van der Waals surface area contributed by atoms with Crippen molar-refractivity contribution in [3.05, 3.63) is 65.9 Å². The lowest BCUT2D eigenvalue weighted by atomic mass is 10.2.